The molecule has 5 aliphatic rings. The van der Waals surface area contributed by atoms with Crippen molar-refractivity contribution in [1.29, 1.82) is 0 Å². The Bertz CT molecular complexity index is 1010. The van der Waals surface area contributed by atoms with E-state index in [2.05, 4.69) is 0 Å². The van der Waals surface area contributed by atoms with Gasteiger partial charge in [-0.25, -0.2) is 0 Å². The lowest BCUT2D eigenvalue weighted by atomic mass is 9.74. The van der Waals surface area contributed by atoms with Crippen LogP contribution in [0.2, 0.25) is 0 Å². The monoisotopic (exact) mass is 527 g/mol. The molecule has 1 saturated carbocycles. The zero-order valence-electron chi connectivity index (χ0n) is 23.5. The van der Waals surface area contributed by atoms with E-state index in [1.807, 2.05) is 61.8 Å². The summed E-state index contributed by atoms with van der Waals surface area (Å²) in [6.07, 6.45) is 14.7. The number of carbonyl (C=O) groups excluding carboxylic acids is 3. The molecule has 1 spiro atoms. The molecule has 0 aromatic heterocycles. The van der Waals surface area contributed by atoms with Crippen molar-refractivity contribution in [3.05, 3.63) is 24.3 Å². The van der Waals surface area contributed by atoms with Crippen LogP contribution in [0.4, 0.5) is 0 Å². The lowest BCUT2D eigenvalue weighted by Gasteiger charge is -2.43. The minimum atomic E-state index is -1.26. The summed E-state index contributed by atoms with van der Waals surface area (Å²) in [5, 5.41) is 10.6. The molecular weight excluding hydrogens is 482 g/mol. The maximum atomic E-state index is 14.6. The Balaban J connectivity index is 1.64. The lowest BCUT2D eigenvalue weighted by molar-refractivity contribution is -0.158. The zero-order chi connectivity index (χ0) is 27.2. The maximum absolute atomic E-state index is 14.6. The molecule has 1 aliphatic carbocycles. The average Bonchev–Trinajstić information content (AvgIpc) is 3.18. The Kier molecular flexibility index (Phi) is 7.50. The van der Waals surface area contributed by atoms with Gasteiger partial charge < -0.3 is 24.5 Å². The van der Waals surface area contributed by atoms with Crippen molar-refractivity contribution in [3.8, 4) is 0 Å². The molecule has 3 fully saturated rings. The van der Waals surface area contributed by atoms with Gasteiger partial charge in [0.2, 0.25) is 17.7 Å². The van der Waals surface area contributed by atoms with E-state index in [1.165, 1.54) is 6.42 Å². The highest BCUT2D eigenvalue weighted by atomic mass is 16.5. The van der Waals surface area contributed by atoms with Crippen LogP contribution in [-0.2, 0) is 19.1 Å². The van der Waals surface area contributed by atoms with Gasteiger partial charge in [0.25, 0.3) is 0 Å². The highest BCUT2D eigenvalue weighted by Crippen LogP contribution is 2.58. The number of aliphatic hydroxyl groups is 1. The molecule has 210 valence electrons. The molecule has 0 aromatic carbocycles. The number of amides is 3. The van der Waals surface area contributed by atoms with E-state index in [0.29, 0.717) is 19.6 Å². The van der Waals surface area contributed by atoms with Gasteiger partial charge in [0.1, 0.15) is 11.6 Å². The van der Waals surface area contributed by atoms with Crippen molar-refractivity contribution in [2.24, 2.45) is 17.8 Å². The van der Waals surface area contributed by atoms with E-state index in [-0.39, 0.29) is 36.3 Å². The van der Waals surface area contributed by atoms with Gasteiger partial charge in [0.05, 0.1) is 30.1 Å². The Morgan fingerprint density at radius 1 is 1.00 bits per heavy atom. The molecular formula is C30H45N3O5. The van der Waals surface area contributed by atoms with Crippen molar-refractivity contribution in [2.45, 2.75) is 102 Å². The first-order chi connectivity index (χ1) is 18.2. The smallest absolute Gasteiger partial charge is 0.249 e. The van der Waals surface area contributed by atoms with Gasteiger partial charge in [-0.05, 0) is 32.1 Å². The Morgan fingerprint density at radius 3 is 2.37 bits per heavy atom. The van der Waals surface area contributed by atoms with Gasteiger partial charge in [-0.3, -0.25) is 14.4 Å². The first-order valence-electron chi connectivity index (χ1n) is 14.8. The van der Waals surface area contributed by atoms with Crippen molar-refractivity contribution in [3.63, 3.8) is 0 Å². The number of nitrogens with zero attached hydrogens (tertiary/aromatic N) is 3. The fourth-order valence-electron chi connectivity index (χ4n) is 7.89. The number of carbonyl (C=O) groups is 3. The molecule has 1 N–H and O–H groups in total. The number of likely N-dealkylation sites (tertiary alicyclic amines) is 1. The zero-order valence-corrected chi connectivity index (χ0v) is 23.5. The summed E-state index contributed by atoms with van der Waals surface area (Å²) in [5.74, 6) is -2.02. The minimum absolute atomic E-state index is 0.0179. The molecule has 1 unspecified atom stereocenters. The fraction of sp³-hybridized carbons (Fsp3) is 0.767. The molecule has 38 heavy (non-hydrogen) atoms. The third kappa shape index (κ3) is 4.05. The molecule has 4 heterocycles. The number of ether oxygens (including phenoxy) is 1. The molecule has 4 aliphatic heterocycles. The second-order valence-corrected chi connectivity index (χ2v) is 12.2. The minimum Gasteiger partial charge on any atom is -0.394 e. The summed E-state index contributed by atoms with van der Waals surface area (Å²) in [5.41, 5.74) is -2.26. The van der Waals surface area contributed by atoms with Crippen LogP contribution in [0.25, 0.3) is 0 Å². The number of fused-ring (bicyclic) bond motifs is 2. The summed E-state index contributed by atoms with van der Waals surface area (Å²) in [7, 11) is 0. The van der Waals surface area contributed by atoms with Crippen LogP contribution in [0.1, 0.15) is 72.6 Å². The first kappa shape index (κ1) is 27.4. The van der Waals surface area contributed by atoms with E-state index < -0.39 is 35.1 Å². The molecule has 0 radical (unpaired) electrons. The number of aliphatic hydroxyl groups excluding tert-OH is 1. The average molecular weight is 528 g/mol. The molecule has 7 atom stereocenters. The first-order valence-corrected chi connectivity index (χ1v) is 14.8. The van der Waals surface area contributed by atoms with Crippen molar-refractivity contribution >= 4 is 17.7 Å². The Hall–Kier alpha value is -2.19. The van der Waals surface area contributed by atoms with Gasteiger partial charge in [0.15, 0.2) is 0 Å². The van der Waals surface area contributed by atoms with Crippen LogP contribution < -0.4 is 0 Å². The fourth-order valence-corrected chi connectivity index (χ4v) is 7.89. The maximum Gasteiger partial charge on any atom is 0.249 e. The second-order valence-electron chi connectivity index (χ2n) is 12.2. The van der Waals surface area contributed by atoms with Crippen molar-refractivity contribution < 1.29 is 24.2 Å². The number of hydrogen-bond donors (Lipinski definition) is 1. The molecule has 8 heteroatoms. The van der Waals surface area contributed by atoms with E-state index in [4.69, 9.17) is 4.74 Å². The summed E-state index contributed by atoms with van der Waals surface area (Å²) in [6, 6.07) is -1.30. The summed E-state index contributed by atoms with van der Waals surface area (Å²) in [4.78, 5) is 48.6. The Labute approximate surface area is 227 Å². The molecule has 8 nitrogen and oxygen atoms in total. The summed E-state index contributed by atoms with van der Waals surface area (Å²) < 4.78 is 6.93. The predicted octanol–water partition coefficient (Wildman–Crippen LogP) is 2.90. The second kappa shape index (κ2) is 10.4. The third-order valence-electron chi connectivity index (χ3n) is 9.96. The third-order valence-corrected chi connectivity index (χ3v) is 9.96. The van der Waals surface area contributed by atoms with Gasteiger partial charge in [-0.1, -0.05) is 70.8 Å². The van der Waals surface area contributed by atoms with Crippen LogP contribution >= 0.6 is 0 Å². The van der Waals surface area contributed by atoms with Gasteiger partial charge in [0, 0.05) is 25.7 Å². The van der Waals surface area contributed by atoms with Gasteiger partial charge in [-0.2, -0.15) is 0 Å². The predicted molar refractivity (Wildman–Crippen MR) is 144 cm³/mol. The van der Waals surface area contributed by atoms with Crippen LogP contribution in [0, 0.1) is 17.8 Å². The number of rotatable bonds is 7. The quantitative estimate of drug-likeness (QED) is 0.514. The standard InChI is InChI=1S/C30H45N3O5/c1-5-16-31-17-10-14-29(4)23(26(31)35)24-27(36)33(22(19-34)20(3)6-2)25-28(37)32(21-12-8-7-9-13-21)18-11-15-30(24,25)38-29/h10-11,14-15,20-25,34H,5-9,12-13,16-19H2,1-4H3/t20-,22-,23-,24-,25?,29+,30-/m0/s1. The van der Waals surface area contributed by atoms with Gasteiger partial charge >= 0.3 is 0 Å². The van der Waals surface area contributed by atoms with Gasteiger partial charge in [-0.15, -0.1) is 0 Å². The Morgan fingerprint density at radius 2 is 1.71 bits per heavy atom. The highest BCUT2D eigenvalue weighted by molar-refractivity contribution is 6.00. The molecule has 2 saturated heterocycles. The molecule has 5 rings (SSSR count). The SMILES string of the molecule is CCCN1CC=C[C@@]2(C)O[C@]34C=CCN(C5CCCCC5)C(=O)C3N([C@@H](CO)[C@@H](C)CC)C(=O)[C@@H]4[C@H]2C1=O. The molecule has 0 bridgehead atoms. The summed E-state index contributed by atoms with van der Waals surface area (Å²) >= 11 is 0. The normalized spacial score (nSPS) is 37.1. The van der Waals surface area contributed by atoms with Crippen LogP contribution in [0.3, 0.4) is 0 Å². The number of hydrogen-bond acceptors (Lipinski definition) is 5. The van der Waals surface area contributed by atoms with Crippen molar-refractivity contribution in [2.75, 3.05) is 26.2 Å². The largest absolute Gasteiger partial charge is 0.394 e. The van der Waals surface area contributed by atoms with Crippen LogP contribution in [0.15, 0.2) is 24.3 Å². The van der Waals surface area contributed by atoms with Crippen LogP contribution in [0.5, 0.6) is 0 Å². The molecule has 3 amide bonds. The molecule has 0 aromatic rings. The lowest BCUT2D eigenvalue weighted by Crippen LogP contribution is -2.61. The van der Waals surface area contributed by atoms with Crippen LogP contribution in [-0.4, -0.2) is 93.1 Å². The van der Waals surface area contributed by atoms with E-state index in [0.717, 1.165) is 38.5 Å². The topological polar surface area (TPSA) is 90.4 Å². The van der Waals surface area contributed by atoms with Crippen molar-refractivity contribution in [1.82, 2.24) is 14.7 Å². The summed E-state index contributed by atoms with van der Waals surface area (Å²) in [6.45, 7) is 9.30. The van der Waals surface area contributed by atoms with E-state index in [9.17, 15) is 19.5 Å². The highest BCUT2D eigenvalue weighted by Gasteiger charge is 2.75. The van der Waals surface area contributed by atoms with E-state index >= 15 is 0 Å². The van der Waals surface area contributed by atoms with E-state index in [1.54, 1.807) is 4.90 Å².